The van der Waals surface area contributed by atoms with Crippen LogP contribution in [0, 0.1) is 0 Å². The number of anilines is 1. The molecule has 0 aliphatic heterocycles. The Hall–Kier alpha value is -1.35. The molecule has 2 aromatic rings. The van der Waals surface area contributed by atoms with Crippen LogP contribution in [-0.2, 0) is 4.79 Å². The van der Waals surface area contributed by atoms with Gasteiger partial charge in [-0.15, -0.1) is 10.2 Å². The lowest BCUT2D eigenvalue weighted by Crippen LogP contribution is -2.37. The predicted molar refractivity (Wildman–Crippen MR) is 110 cm³/mol. The first kappa shape index (κ1) is 20.4. The summed E-state index contributed by atoms with van der Waals surface area (Å²) in [4.78, 5) is 24.3. The van der Waals surface area contributed by atoms with Gasteiger partial charge < -0.3 is 5.32 Å². The van der Waals surface area contributed by atoms with Crippen molar-refractivity contribution in [3.8, 4) is 0 Å². The van der Waals surface area contributed by atoms with E-state index in [-0.39, 0.29) is 17.2 Å². The van der Waals surface area contributed by atoms with Crippen LogP contribution in [0.25, 0.3) is 0 Å². The van der Waals surface area contributed by atoms with Crippen molar-refractivity contribution in [1.82, 2.24) is 15.5 Å². The number of benzene rings is 1. The number of rotatable bonds is 6. The highest BCUT2D eigenvalue weighted by molar-refractivity contribution is 8.01. The average Bonchev–Trinajstić information content (AvgIpc) is 3.10. The van der Waals surface area contributed by atoms with Crippen molar-refractivity contribution >= 4 is 63.2 Å². The number of carbonyl (C=O) groups is 2. The van der Waals surface area contributed by atoms with Gasteiger partial charge in [-0.25, -0.2) is 0 Å². The maximum atomic E-state index is 12.3. The highest BCUT2D eigenvalue weighted by atomic mass is 35.5. The number of carbonyl (C=O) groups excluding carboxylic acids is 2. The van der Waals surface area contributed by atoms with Crippen LogP contribution >= 0.6 is 46.3 Å². The number of thioether (sulfide) groups is 1. The largest absolute Gasteiger partial charge is 0.353 e. The summed E-state index contributed by atoms with van der Waals surface area (Å²) in [5, 5.41) is 14.7. The third-order valence-corrected chi connectivity index (χ3v) is 6.63. The number of halogens is 2. The summed E-state index contributed by atoms with van der Waals surface area (Å²) in [6, 6.07) is 4.95. The Morgan fingerprint density at radius 3 is 2.74 bits per heavy atom. The molecule has 0 spiro atoms. The average molecular weight is 445 g/mol. The summed E-state index contributed by atoms with van der Waals surface area (Å²) in [5.41, 5.74) is 0.264. The molecule has 1 heterocycles. The molecule has 6 nitrogen and oxygen atoms in total. The maximum absolute atomic E-state index is 12.3. The van der Waals surface area contributed by atoms with E-state index in [1.807, 2.05) is 0 Å². The number of hydrogen-bond acceptors (Lipinski definition) is 6. The first-order valence-corrected chi connectivity index (χ1v) is 11.1. The van der Waals surface area contributed by atoms with Crippen LogP contribution in [0.2, 0.25) is 10.0 Å². The van der Waals surface area contributed by atoms with Crippen molar-refractivity contribution < 1.29 is 9.59 Å². The molecule has 0 saturated heterocycles. The van der Waals surface area contributed by atoms with Crippen molar-refractivity contribution in [2.75, 3.05) is 11.1 Å². The number of nitrogens with zero attached hydrogens (tertiary/aromatic N) is 2. The molecule has 1 aliphatic rings. The summed E-state index contributed by atoms with van der Waals surface area (Å²) in [7, 11) is 0. The van der Waals surface area contributed by atoms with Gasteiger partial charge in [0.25, 0.3) is 5.91 Å². The van der Waals surface area contributed by atoms with E-state index in [9.17, 15) is 9.59 Å². The summed E-state index contributed by atoms with van der Waals surface area (Å²) >= 11 is 14.4. The van der Waals surface area contributed by atoms with E-state index in [1.54, 1.807) is 12.1 Å². The van der Waals surface area contributed by atoms with Gasteiger partial charge in [0.05, 0.1) is 16.3 Å². The summed E-state index contributed by atoms with van der Waals surface area (Å²) in [6.07, 6.45) is 5.71. The molecule has 1 fully saturated rings. The fraction of sp³-hybridized carbons (Fsp3) is 0.412. The molecule has 27 heavy (non-hydrogen) atoms. The van der Waals surface area contributed by atoms with Crippen LogP contribution in [0.4, 0.5) is 5.13 Å². The quantitative estimate of drug-likeness (QED) is 0.500. The topological polar surface area (TPSA) is 84.0 Å². The molecule has 0 atom stereocenters. The van der Waals surface area contributed by atoms with Crippen molar-refractivity contribution in [1.29, 1.82) is 0 Å². The molecular formula is C17H18Cl2N4O2S2. The Kier molecular flexibility index (Phi) is 7.34. The van der Waals surface area contributed by atoms with Gasteiger partial charge in [0.1, 0.15) is 0 Å². The van der Waals surface area contributed by atoms with Gasteiger partial charge in [0, 0.05) is 11.1 Å². The lowest BCUT2D eigenvalue weighted by molar-refractivity contribution is -0.119. The standard InChI is InChI=1S/C17H18Cl2N4O2S2/c18-10-6-7-13(19)12(8-10)15(25)21-16-22-23-17(27-16)26-9-14(24)20-11-4-2-1-3-5-11/h6-8,11H,1-5,9H2,(H,20,24)(H,21,22,25). The monoisotopic (exact) mass is 444 g/mol. The Bertz CT molecular complexity index is 825. The van der Waals surface area contributed by atoms with Crippen molar-refractivity contribution in [2.45, 2.75) is 42.5 Å². The lowest BCUT2D eigenvalue weighted by Gasteiger charge is -2.22. The van der Waals surface area contributed by atoms with E-state index in [1.165, 1.54) is 48.4 Å². The fourth-order valence-corrected chi connectivity index (χ4v) is 4.73. The second-order valence-electron chi connectivity index (χ2n) is 6.14. The molecule has 2 amide bonds. The van der Waals surface area contributed by atoms with E-state index in [0.29, 0.717) is 25.6 Å². The van der Waals surface area contributed by atoms with Gasteiger partial charge in [0.2, 0.25) is 11.0 Å². The first-order valence-electron chi connectivity index (χ1n) is 8.53. The lowest BCUT2D eigenvalue weighted by atomic mass is 9.95. The van der Waals surface area contributed by atoms with E-state index in [0.717, 1.165) is 12.8 Å². The maximum Gasteiger partial charge on any atom is 0.259 e. The Labute approximate surface area is 175 Å². The van der Waals surface area contributed by atoms with Gasteiger partial charge in [-0.05, 0) is 31.0 Å². The van der Waals surface area contributed by atoms with Crippen LogP contribution < -0.4 is 10.6 Å². The number of amides is 2. The fourth-order valence-electron chi connectivity index (χ4n) is 2.80. The number of aromatic nitrogens is 2. The molecule has 0 bridgehead atoms. The van der Waals surface area contributed by atoms with Crippen molar-refractivity contribution in [2.24, 2.45) is 0 Å². The highest BCUT2D eigenvalue weighted by Gasteiger charge is 2.17. The molecule has 1 aromatic heterocycles. The molecule has 10 heteroatoms. The third kappa shape index (κ3) is 6.07. The van der Waals surface area contributed by atoms with Crippen molar-refractivity contribution in [3.63, 3.8) is 0 Å². The van der Waals surface area contributed by atoms with Crippen LogP contribution in [0.3, 0.4) is 0 Å². The van der Waals surface area contributed by atoms with Gasteiger partial charge in [0.15, 0.2) is 4.34 Å². The molecule has 1 aliphatic carbocycles. The van der Waals surface area contributed by atoms with Crippen LogP contribution in [-0.4, -0.2) is 33.8 Å². The van der Waals surface area contributed by atoms with Gasteiger partial charge in [-0.1, -0.05) is 65.6 Å². The Morgan fingerprint density at radius 1 is 1.19 bits per heavy atom. The molecule has 144 valence electrons. The van der Waals surface area contributed by atoms with Gasteiger partial charge in [-0.3, -0.25) is 14.9 Å². The van der Waals surface area contributed by atoms with Crippen LogP contribution in [0.5, 0.6) is 0 Å². The second-order valence-corrected chi connectivity index (χ2v) is 9.19. The number of hydrogen-bond donors (Lipinski definition) is 2. The Balaban J connectivity index is 1.50. The molecular weight excluding hydrogens is 427 g/mol. The molecule has 0 radical (unpaired) electrons. The minimum Gasteiger partial charge on any atom is -0.353 e. The smallest absolute Gasteiger partial charge is 0.259 e. The van der Waals surface area contributed by atoms with Crippen LogP contribution in [0.1, 0.15) is 42.5 Å². The molecule has 3 rings (SSSR count). The highest BCUT2D eigenvalue weighted by Crippen LogP contribution is 2.27. The van der Waals surface area contributed by atoms with Crippen LogP contribution in [0.15, 0.2) is 22.5 Å². The normalized spacial score (nSPS) is 14.7. The predicted octanol–water partition coefficient (Wildman–Crippen LogP) is 4.64. The zero-order chi connectivity index (χ0) is 19.2. The minimum atomic E-state index is -0.412. The third-order valence-electron chi connectivity index (χ3n) is 4.10. The first-order chi connectivity index (χ1) is 13.0. The van der Waals surface area contributed by atoms with Crippen molar-refractivity contribution in [3.05, 3.63) is 33.8 Å². The molecule has 1 saturated carbocycles. The zero-order valence-electron chi connectivity index (χ0n) is 14.3. The van der Waals surface area contributed by atoms with Gasteiger partial charge in [-0.2, -0.15) is 0 Å². The molecule has 0 unspecified atom stereocenters. The van der Waals surface area contributed by atoms with E-state index in [4.69, 9.17) is 23.2 Å². The Morgan fingerprint density at radius 2 is 1.96 bits per heavy atom. The van der Waals surface area contributed by atoms with E-state index < -0.39 is 5.91 Å². The SMILES string of the molecule is O=C(CSc1nnc(NC(=O)c2cc(Cl)ccc2Cl)s1)NC1CCCCC1. The number of nitrogens with one attached hydrogen (secondary N) is 2. The van der Waals surface area contributed by atoms with E-state index in [2.05, 4.69) is 20.8 Å². The summed E-state index contributed by atoms with van der Waals surface area (Å²) in [6.45, 7) is 0. The zero-order valence-corrected chi connectivity index (χ0v) is 17.5. The molecule has 2 N–H and O–H groups in total. The second kappa shape index (κ2) is 9.73. The summed E-state index contributed by atoms with van der Waals surface area (Å²) in [5.74, 6) is -0.136. The van der Waals surface area contributed by atoms with Gasteiger partial charge >= 0.3 is 0 Å². The summed E-state index contributed by atoms with van der Waals surface area (Å²) < 4.78 is 0.612. The molecule has 1 aromatic carbocycles. The van der Waals surface area contributed by atoms with E-state index >= 15 is 0 Å². The minimum absolute atomic E-state index is 0.00149.